The highest BCUT2D eigenvalue weighted by Gasteiger charge is 2.27. The van der Waals surface area contributed by atoms with Crippen LogP contribution in [0.5, 0.6) is 11.5 Å². The maximum atomic E-state index is 12.3. The molecule has 2 aromatic rings. The number of benzene rings is 2. The van der Waals surface area contributed by atoms with Crippen molar-refractivity contribution in [3.05, 3.63) is 59.7 Å². The van der Waals surface area contributed by atoms with E-state index in [1.54, 1.807) is 6.07 Å². The molecule has 0 saturated heterocycles. The molecule has 1 unspecified atom stereocenters. The number of aryl methyl sites for hydroxylation is 1. The third kappa shape index (κ3) is 2.65. The number of para-hydroxylation sites is 2. The first-order valence-electron chi connectivity index (χ1n) is 7.64. The molecule has 0 fully saturated rings. The van der Waals surface area contributed by atoms with Crippen molar-refractivity contribution < 1.29 is 14.3 Å². The third-order valence-corrected chi connectivity index (χ3v) is 4.06. The van der Waals surface area contributed by atoms with Crippen LogP contribution in [0.2, 0.25) is 0 Å². The molecule has 0 saturated carbocycles. The SMILES string of the molecule is O=C(NN=C1CCc2ccccc21)C1COc2ccccc2O1. The number of carbonyl (C=O) groups is 1. The first-order chi connectivity index (χ1) is 11.3. The van der Waals surface area contributed by atoms with Crippen molar-refractivity contribution in [3.8, 4) is 11.5 Å². The molecule has 5 heteroatoms. The van der Waals surface area contributed by atoms with Crippen LogP contribution in [0.1, 0.15) is 17.5 Å². The van der Waals surface area contributed by atoms with Crippen LogP contribution >= 0.6 is 0 Å². The minimum Gasteiger partial charge on any atom is -0.485 e. The molecule has 2 aliphatic rings. The second kappa shape index (κ2) is 5.76. The summed E-state index contributed by atoms with van der Waals surface area (Å²) in [6.07, 6.45) is 1.11. The lowest BCUT2D eigenvalue weighted by Gasteiger charge is -2.24. The fourth-order valence-corrected chi connectivity index (χ4v) is 2.87. The van der Waals surface area contributed by atoms with E-state index in [2.05, 4.69) is 16.6 Å². The summed E-state index contributed by atoms with van der Waals surface area (Å²) in [5, 5.41) is 4.28. The Morgan fingerprint density at radius 2 is 1.83 bits per heavy atom. The van der Waals surface area contributed by atoms with Gasteiger partial charge in [-0.05, 0) is 30.5 Å². The molecule has 0 aromatic heterocycles. The number of ether oxygens (including phenoxy) is 2. The largest absolute Gasteiger partial charge is 0.485 e. The van der Waals surface area contributed by atoms with Crippen LogP contribution in [0.4, 0.5) is 0 Å². The molecule has 1 amide bonds. The van der Waals surface area contributed by atoms with Gasteiger partial charge in [-0.15, -0.1) is 0 Å². The molecular formula is C18H16N2O3. The molecule has 1 aliphatic carbocycles. The number of rotatable bonds is 2. The van der Waals surface area contributed by atoms with Crippen LogP contribution in [-0.2, 0) is 11.2 Å². The van der Waals surface area contributed by atoms with Crippen molar-refractivity contribution in [2.45, 2.75) is 18.9 Å². The number of hydrogen-bond acceptors (Lipinski definition) is 4. The standard InChI is InChI=1S/C18H16N2O3/c21-18(17-11-22-15-7-3-4-8-16(15)23-17)20-19-14-10-9-12-5-1-2-6-13(12)14/h1-8,17H,9-11H2,(H,20,21). The summed E-state index contributed by atoms with van der Waals surface area (Å²) in [6.45, 7) is 0.185. The first-order valence-corrected chi connectivity index (χ1v) is 7.64. The van der Waals surface area contributed by atoms with Crippen molar-refractivity contribution >= 4 is 11.6 Å². The van der Waals surface area contributed by atoms with Crippen molar-refractivity contribution in [3.63, 3.8) is 0 Å². The molecule has 0 bridgehead atoms. The Labute approximate surface area is 133 Å². The predicted octanol–water partition coefficient (Wildman–Crippen LogP) is 2.29. The Hall–Kier alpha value is -2.82. The molecule has 4 rings (SSSR count). The van der Waals surface area contributed by atoms with Crippen molar-refractivity contribution in [2.75, 3.05) is 6.61 Å². The van der Waals surface area contributed by atoms with Gasteiger partial charge in [-0.25, -0.2) is 5.43 Å². The average Bonchev–Trinajstić information content (AvgIpc) is 3.02. The van der Waals surface area contributed by atoms with Crippen LogP contribution in [0.25, 0.3) is 0 Å². The molecule has 23 heavy (non-hydrogen) atoms. The average molecular weight is 308 g/mol. The molecule has 0 radical (unpaired) electrons. The van der Waals surface area contributed by atoms with Gasteiger partial charge in [0.25, 0.3) is 5.91 Å². The first kappa shape index (κ1) is 13.8. The molecule has 0 spiro atoms. The highest BCUT2D eigenvalue weighted by molar-refractivity contribution is 6.04. The second-order valence-electron chi connectivity index (χ2n) is 5.56. The van der Waals surface area contributed by atoms with Gasteiger partial charge >= 0.3 is 0 Å². The fraction of sp³-hybridized carbons (Fsp3) is 0.222. The molecule has 1 atom stereocenters. The maximum absolute atomic E-state index is 12.3. The second-order valence-corrected chi connectivity index (χ2v) is 5.56. The van der Waals surface area contributed by atoms with E-state index in [0.717, 1.165) is 24.1 Å². The highest BCUT2D eigenvalue weighted by Crippen LogP contribution is 2.30. The third-order valence-electron chi connectivity index (χ3n) is 4.06. The predicted molar refractivity (Wildman–Crippen MR) is 85.8 cm³/mol. The Morgan fingerprint density at radius 3 is 2.74 bits per heavy atom. The molecule has 1 aliphatic heterocycles. The Bertz CT molecular complexity index is 785. The number of nitrogens with zero attached hydrogens (tertiary/aromatic N) is 1. The summed E-state index contributed by atoms with van der Waals surface area (Å²) < 4.78 is 11.2. The van der Waals surface area contributed by atoms with Crippen LogP contribution in [0.15, 0.2) is 53.6 Å². The molecule has 116 valence electrons. The Morgan fingerprint density at radius 1 is 1.04 bits per heavy atom. The van der Waals surface area contributed by atoms with Crippen LogP contribution in [0.3, 0.4) is 0 Å². The topological polar surface area (TPSA) is 59.9 Å². The van der Waals surface area contributed by atoms with E-state index < -0.39 is 6.10 Å². The van der Waals surface area contributed by atoms with Gasteiger partial charge in [0.05, 0.1) is 5.71 Å². The summed E-state index contributed by atoms with van der Waals surface area (Å²) >= 11 is 0. The van der Waals surface area contributed by atoms with Gasteiger partial charge in [-0.2, -0.15) is 5.10 Å². The van der Waals surface area contributed by atoms with E-state index in [-0.39, 0.29) is 12.5 Å². The fourth-order valence-electron chi connectivity index (χ4n) is 2.87. The van der Waals surface area contributed by atoms with Gasteiger partial charge in [0.2, 0.25) is 6.10 Å². The Kier molecular flexibility index (Phi) is 3.46. The monoisotopic (exact) mass is 308 g/mol. The lowest BCUT2D eigenvalue weighted by atomic mass is 10.1. The molecule has 2 aromatic carbocycles. The summed E-state index contributed by atoms with van der Waals surface area (Å²) in [5.41, 5.74) is 5.90. The number of hydrazone groups is 1. The van der Waals surface area contributed by atoms with E-state index in [1.165, 1.54) is 5.56 Å². The van der Waals surface area contributed by atoms with Gasteiger partial charge in [-0.3, -0.25) is 4.79 Å². The van der Waals surface area contributed by atoms with Crippen molar-refractivity contribution in [2.24, 2.45) is 5.10 Å². The maximum Gasteiger partial charge on any atom is 0.284 e. The lowest BCUT2D eigenvalue weighted by molar-refractivity contribution is -0.130. The molecule has 5 nitrogen and oxygen atoms in total. The summed E-state index contributed by atoms with van der Waals surface area (Å²) in [4.78, 5) is 12.3. The van der Waals surface area contributed by atoms with E-state index in [9.17, 15) is 4.79 Å². The van der Waals surface area contributed by atoms with E-state index in [4.69, 9.17) is 9.47 Å². The number of nitrogens with one attached hydrogen (secondary N) is 1. The number of fused-ring (bicyclic) bond motifs is 2. The Balaban J connectivity index is 1.45. The van der Waals surface area contributed by atoms with Crippen molar-refractivity contribution in [1.29, 1.82) is 0 Å². The van der Waals surface area contributed by atoms with Gasteiger partial charge in [-0.1, -0.05) is 36.4 Å². The van der Waals surface area contributed by atoms with Crippen molar-refractivity contribution in [1.82, 2.24) is 5.43 Å². The van der Waals surface area contributed by atoms with Crippen LogP contribution < -0.4 is 14.9 Å². The highest BCUT2D eigenvalue weighted by atomic mass is 16.6. The number of hydrogen-bond donors (Lipinski definition) is 1. The zero-order chi connectivity index (χ0) is 15.6. The van der Waals surface area contributed by atoms with Gasteiger partial charge in [0.1, 0.15) is 6.61 Å². The molecule has 1 N–H and O–H groups in total. The lowest BCUT2D eigenvalue weighted by Crippen LogP contribution is -2.42. The van der Waals surface area contributed by atoms with Crippen LogP contribution in [-0.4, -0.2) is 24.3 Å². The minimum absolute atomic E-state index is 0.185. The van der Waals surface area contributed by atoms with Gasteiger partial charge in [0.15, 0.2) is 11.5 Å². The van der Waals surface area contributed by atoms with Gasteiger partial charge < -0.3 is 9.47 Å². The zero-order valence-corrected chi connectivity index (χ0v) is 12.5. The summed E-state index contributed by atoms with van der Waals surface area (Å²) in [6, 6.07) is 15.4. The number of amides is 1. The quantitative estimate of drug-likeness (QED) is 0.866. The van der Waals surface area contributed by atoms with Crippen LogP contribution in [0, 0.1) is 0 Å². The van der Waals surface area contributed by atoms with E-state index in [1.807, 2.05) is 36.4 Å². The van der Waals surface area contributed by atoms with E-state index >= 15 is 0 Å². The zero-order valence-electron chi connectivity index (χ0n) is 12.5. The smallest absolute Gasteiger partial charge is 0.284 e. The number of carbonyl (C=O) groups excluding carboxylic acids is 1. The van der Waals surface area contributed by atoms with E-state index in [0.29, 0.717) is 11.5 Å². The summed E-state index contributed by atoms with van der Waals surface area (Å²) in [5.74, 6) is 0.946. The molecular weight excluding hydrogens is 292 g/mol. The minimum atomic E-state index is -0.689. The van der Waals surface area contributed by atoms with Gasteiger partial charge in [0, 0.05) is 5.56 Å². The summed E-state index contributed by atoms with van der Waals surface area (Å²) in [7, 11) is 0. The molecule has 1 heterocycles. The normalized spacial score (nSPS) is 20.2.